The first-order valence-corrected chi connectivity index (χ1v) is 3.60. The van der Waals surface area contributed by atoms with E-state index in [1.807, 2.05) is 32.8 Å². The minimum Gasteiger partial charge on any atom is -0.381 e. The molecule has 0 saturated heterocycles. The largest absolute Gasteiger partial charge is 0.381 e. The van der Waals surface area contributed by atoms with Gasteiger partial charge in [-0.3, -0.25) is 4.79 Å². The van der Waals surface area contributed by atoms with Crippen LogP contribution < -0.4 is 0 Å². The Morgan fingerprint density at radius 2 is 1.91 bits per heavy atom. The number of carbonyl (C=O) groups excluding carboxylic acids is 1. The minimum atomic E-state index is 0.0405. The molecule has 0 rings (SSSR count). The van der Waals surface area contributed by atoms with E-state index in [4.69, 9.17) is 0 Å². The third kappa shape index (κ3) is 4.37. The normalized spacial score (nSPS) is 12.2. The molecule has 11 heavy (non-hydrogen) atoms. The SMILES string of the molecule is C/C=C/C(=O)/C=C(\C)N(C)C. The molecule has 0 aliphatic rings. The van der Waals surface area contributed by atoms with Crippen LogP contribution in [0.3, 0.4) is 0 Å². The van der Waals surface area contributed by atoms with Crippen LogP contribution in [0, 0.1) is 0 Å². The zero-order valence-corrected chi connectivity index (χ0v) is 7.59. The summed E-state index contributed by atoms with van der Waals surface area (Å²) in [6, 6.07) is 0. The highest BCUT2D eigenvalue weighted by Crippen LogP contribution is 1.96. The van der Waals surface area contributed by atoms with Crippen LogP contribution in [0.2, 0.25) is 0 Å². The Kier molecular flexibility index (Phi) is 4.27. The Morgan fingerprint density at radius 1 is 1.36 bits per heavy atom. The van der Waals surface area contributed by atoms with Crippen LogP contribution >= 0.6 is 0 Å². The average Bonchev–Trinajstić information content (AvgIpc) is 1.87. The van der Waals surface area contributed by atoms with Crippen molar-refractivity contribution in [1.82, 2.24) is 4.90 Å². The highest BCUT2D eigenvalue weighted by Gasteiger charge is 1.93. The van der Waals surface area contributed by atoms with Gasteiger partial charge >= 0.3 is 0 Å². The zero-order chi connectivity index (χ0) is 8.85. The van der Waals surface area contributed by atoms with E-state index in [-0.39, 0.29) is 5.78 Å². The lowest BCUT2D eigenvalue weighted by Crippen LogP contribution is -2.09. The average molecular weight is 153 g/mol. The zero-order valence-electron chi connectivity index (χ0n) is 7.59. The molecule has 0 fully saturated rings. The molecular weight excluding hydrogens is 138 g/mol. The topological polar surface area (TPSA) is 20.3 Å². The molecule has 0 aromatic heterocycles. The van der Waals surface area contributed by atoms with Gasteiger partial charge in [0.05, 0.1) is 0 Å². The highest BCUT2D eigenvalue weighted by atomic mass is 16.1. The number of hydrogen-bond acceptors (Lipinski definition) is 2. The summed E-state index contributed by atoms with van der Waals surface area (Å²) in [5, 5.41) is 0. The van der Waals surface area contributed by atoms with Gasteiger partial charge in [0.15, 0.2) is 5.78 Å². The quantitative estimate of drug-likeness (QED) is 0.574. The third-order valence-corrected chi connectivity index (χ3v) is 1.39. The van der Waals surface area contributed by atoms with Crippen LogP contribution in [0.25, 0.3) is 0 Å². The lowest BCUT2D eigenvalue weighted by molar-refractivity contribution is -0.110. The van der Waals surface area contributed by atoms with Gasteiger partial charge in [-0.2, -0.15) is 0 Å². The second-order valence-electron chi connectivity index (χ2n) is 2.58. The fourth-order valence-electron chi connectivity index (χ4n) is 0.547. The first-order chi connectivity index (χ1) is 5.07. The van der Waals surface area contributed by atoms with Gasteiger partial charge in [0, 0.05) is 25.9 Å². The number of ketones is 1. The summed E-state index contributed by atoms with van der Waals surface area (Å²) in [7, 11) is 3.82. The Hall–Kier alpha value is -1.05. The molecule has 0 aromatic carbocycles. The van der Waals surface area contributed by atoms with Gasteiger partial charge in [-0.05, 0) is 19.9 Å². The molecule has 0 aromatic rings. The van der Waals surface area contributed by atoms with Crippen molar-refractivity contribution in [3.63, 3.8) is 0 Å². The molecule has 0 heterocycles. The standard InChI is InChI=1S/C9H15NO/c1-5-6-9(11)7-8(2)10(3)4/h5-7H,1-4H3/b6-5+,8-7+. The first kappa shape index (κ1) is 9.95. The third-order valence-electron chi connectivity index (χ3n) is 1.39. The summed E-state index contributed by atoms with van der Waals surface area (Å²) < 4.78 is 0. The summed E-state index contributed by atoms with van der Waals surface area (Å²) in [6.07, 6.45) is 4.90. The van der Waals surface area contributed by atoms with Crippen molar-refractivity contribution >= 4 is 5.78 Å². The summed E-state index contributed by atoms with van der Waals surface area (Å²) in [5.41, 5.74) is 0.966. The van der Waals surface area contributed by atoms with Gasteiger partial charge in [0.1, 0.15) is 0 Å². The molecule has 0 radical (unpaired) electrons. The van der Waals surface area contributed by atoms with Crippen LogP contribution in [0.1, 0.15) is 13.8 Å². The van der Waals surface area contributed by atoms with Crippen molar-refractivity contribution < 1.29 is 4.79 Å². The van der Waals surface area contributed by atoms with E-state index >= 15 is 0 Å². The van der Waals surface area contributed by atoms with Crippen LogP contribution in [-0.4, -0.2) is 24.8 Å². The van der Waals surface area contributed by atoms with Crippen LogP contribution in [0.5, 0.6) is 0 Å². The lowest BCUT2D eigenvalue weighted by Gasteiger charge is -2.10. The summed E-state index contributed by atoms with van der Waals surface area (Å²) in [4.78, 5) is 12.9. The van der Waals surface area contributed by atoms with E-state index in [1.54, 1.807) is 18.2 Å². The number of allylic oxidation sites excluding steroid dienone is 4. The van der Waals surface area contributed by atoms with Crippen molar-refractivity contribution in [3.8, 4) is 0 Å². The van der Waals surface area contributed by atoms with E-state index in [2.05, 4.69) is 0 Å². The van der Waals surface area contributed by atoms with Crippen molar-refractivity contribution in [3.05, 3.63) is 23.9 Å². The molecule has 0 N–H and O–H groups in total. The predicted molar refractivity (Wildman–Crippen MR) is 47.3 cm³/mol. The molecule has 0 unspecified atom stereocenters. The molecule has 62 valence electrons. The molecule has 0 aliphatic carbocycles. The Morgan fingerprint density at radius 3 is 2.27 bits per heavy atom. The molecular formula is C9H15NO. The van der Waals surface area contributed by atoms with E-state index in [9.17, 15) is 4.79 Å². The molecule has 2 nitrogen and oxygen atoms in total. The van der Waals surface area contributed by atoms with E-state index < -0.39 is 0 Å². The van der Waals surface area contributed by atoms with Crippen LogP contribution in [0.4, 0.5) is 0 Å². The van der Waals surface area contributed by atoms with Gasteiger partial charge in [0.2, 0.25) is 0 Å². The molecule has 2 heteroatoms. The van der Waals surface area contributed by atoms with Gasteiger partial charge in [-0.25, -0.2) is 0 Å². The second kappa shape index (κ2) is 4.72. The second-order valence-corrected chi connectivity index (χ2v) is 2.58. The fraction of sp³-hybridized carbons (Fsp3) is 0.444. The molecule has 0 spiro atoms. The Balaban J connectivity index is 4.19. The fourth-order valence-corrected chi connectivity index (χ4v) is 0.547. The van der Waals surface area contributed by atoms with E-state index in [0.29, 0.717) is 0 Å². The monoisotopic (exact) mass is 153 g/mol. The number of hydrogen-bond donors (Lipinski definition) is 0. The lowest BCUT2D eigenvalue weighted by atomic mass is 10.3. The van der Waals surface area contributed by atoms with Crippen LogP contribution in [0.15, 0.2) is 23.9 Å². The molecule has 0 aliphatic heterocycles. The smallest absolute Gasteiger partial charge is 0.180 e. The first-order valence-electron chi connectivity index (χ1n) is 3.60. The van der Waals surface area contributed by atoms with E-state index in [1.165, 1.54) is 0 Å². The van der Waals surface area contributed by atoms with Crippen molar-refractivity contribution in [2.24, 2.45) is 0 Å². The van der Waals surface area contributed by atoms with Gasteiger partial charge in [-0.15, -0.1) is 0 Å². The molecule has 0 bridgehead atoms. The van der Waals surface area contributed by atoms with Gasteiger partial charge in [-0.1, -0.05) is 6.08 Å². The summed E-state index contributed by atoms with van der Waals surface area (Å²) in [6.45, 7) is 3.73. The van der Waals surface area contributed by atoms with Gasteiger partial charge in [0.25, 0.3) is 0 Å². The number of nitrogens with zero attached hydrogens (tertiary/aromatic N) is 1. The maximum absolute atomic E-state index is 11.0. The van der Waals surface area contributed by atoms with E-state index in [0.717, 1.165) is 5.70 Å². The summed E-state index contributed by atoms with van der Waals surface area (Å²) in [5.74, 6) is 0.0405. The maximum Gasteiger partial charge on any atom is 0.180 e. The molecule has 0 atom stereocenters. The minimum absolute atomic E-state index is 0.0405. The maximum atomic E-state index is 11.0. The molecule has 0 saturated carbocycles. The van der Waals surface area contributed by atoms with Gasteiger partial charge < -0.3 is 4.90 Å². The molecule has 0 amide bonds. The Bertz CT molecular complexity index is 190. The summed E-state index contributed by atoms with van der Waals surface area (Å²) >= 11 is 0. The number of carbonyl (C=O) groups is 1. The highest BCUT2D eigenvalue weighted by molar-refractivity contribution is 5.99. The Labute approximate surface area is 68.2 Å². The van der Waals surface area contributed by atoms with Crippen molar-refractivity contribution in [2.45, 2.75) is 13.8 Å². The predicted octanol–water partition coefficient (Wildman–Crippen LogP) is 1.60. The van der Waals surface area contributed by atoms with Crippen LogP contribution in [-0.2, 0) is 4.79 Å². The van der Waals surface area contributed by atoms with Crippen molar-refractivity contribution in [2.75, 3.05) is 14.1 Å². The number of rotatable bonds is 3. The van der Waals surface area contributed by atoms with Crippen molar-refractivity contribution in [1.29, 1.82) is 0 Å².